The second-order valence-electron chi connectivity index (χ2n) is 29.0. The van der Waals surface area contributed by atoms with Crippen LogP contribution in [0.3, 0.4) is 0 Å². The molecule has 0 unspecified atom stereocenters. The van der Waals surface area contributed by atoms with Crippen LogP contribution in [0.15, 0.2) is 431 Å². The van der Waals surface area contributed by atoms with Gasteiger partial charge in [0, 0.05) is 61.0 Å². The van der Waals surface area contributed by atoms with Crippen LogP contribution in [-0.4, -0.2) is 34.5 Å². The van der Waals surface area contributed by atoms with Crippen molar-refractivity contribution in [1.82, 2.24) is 34.5 Å². The summed E-state index contributed by atoms with van der Waals surface area (Å²) in [4.78, 5) is 33.3. The molecule has 0 bridgehead atoms. The maximum atomic E-state index is 5.56. The van der Waals surface area contributed by atoms with Crippen molar-refractivity contribution in [1.29, 1.82) is 0 Å². The molecular formula is C108H71N7. The standard InChI is InChI=1S/C108H71N7/c1-10-32-72(33-11-1)84-60-85(73-34-12-2-13-35-73)65-92(64-84)105-109-103(110-106(113-105)93-66-86(74-36-14-3-15-37-74)61-87(67-93)75-38-16-4-17-39-75)82-50-28-48-80(58-82)97-54-30-56-99-100-57-31-55-98(102(100)115(101(97)99)96-52-26-9-27-53-96)81-49-29-51-83(59-81)104-111-107(94-68-88(76-40-18-5-19-41-76)62-89(69-94)77-42-20-6-21-43-77)114-108(112-104)95-70-90(78-44-22-7-23-45-78)63-91(71-95)79-46-24-8-25-47-79/h1-71H. The van der Waals surface area contributed by atoms with E-state index in [1.54, 1.807) is 0 Å². The molecule has 3 aromatic heterocycles. The minimum atomic E-state index is 0.547. The van der Waals surface area contributed by atoms with Crippen LogP contribution in [-0.2, 0) is 0 Å². The summed E-state index contributed by atoms with van der Waals surface area (Å²) in [5.74, 6) is 3.33. The molecule has 0 saturated heterocycles. The lowest BCUT2D eigenvalue weighted by Crippen LogP contribution is -2.01. The molecule has 0 aliphatic heterocycles. The number of benzene rings is 17. The maximum Gasteiger partial charge on any atom is 0.164 e. The van der Waals surface area contributed by atoms with Crippen molar-refractivity contribution in [2.75, 3.05) is 0 Å². The van der Waals surface area contributed by atoms with Gasteiger partial charge in [-0.1, -0.05) is 334 Å². The van der Waals surface area contributed by atoms with Gasteiger partial charge in [-0.05, 0) is 197 Å². The summed E-state index contributed by atoms with van der Waals surface area (Å²) in [5.41, 5.74) is 29.6. The van der Waals surface area contributed by atoms with E-state index in [4.69, 9.17) is 29.9 Å². The molecule has 0 aliphatic carbocycles. The molecule has 0 aliphatic rings. The van der Waals surface area contributed by atoms with Crippen LogP contribution in [0.25, 0.3) is 207 Å². The van der Waals surface area contributed by atoms with Crippen molar-refractivity contribution in [3.05, 3.63) is 431 Å². The van der Waals surface area contributed by atoms with E-state index in [1.807, 2.05) is 0 Å². The first-order chi connectivity index (χ1) is 56.9. The fourth-order valence-corrected chi connectivity index (χ4v) is 16.0. The van der Waals surface area contributed by atoms with E-state index in [1.165, 1.54) is 0 Å². The topological polar surface area (TPSA) is 82.3 Å². The first-order valence-corrected chi connectivity index (χ1v) is 38.9. The quantitative estimate of drug-likeness (QED) is 0.0903. The number of para-hydroxylation sites is 3. The summed E-state index contributed by atoms with van der Waals surface area (Å²) < 4.78 is 2.45. The Labute approximate surface area is 668 Å². The normalized spacial score (nSPS) is 11.3. The highest BCUT2D eigenvalue weighted by Crippen LogP contribution is 2.45. The van der Waals surface area contributed by atoms with E-state index in [-0.39, 0.29) is 0 Å². The molecule has 20 rings (SSSR count). The van der Waals surface area contributed by atoms with E-state index in [0.717, 1.165) is 172 Å². The van der Waals surface area contributed by atoms with Gasteiger partial charge in [-0.15, -0.1) is 0 Å². The van der Waals surface area contributed by atoms with Gasteiger partial charge in [0.25, 0.3) is 0 Å². The molecular weight excluding hydrogens is 1400 g/mol. The molecule has 0 atom stereocenters. The summed E-state index contributed by atoms with van der Waals surface area (Å²) >= 11 is 0. The van der Waals surface area contributed by atoms with Crippen molar-refractivity contribution in [2.24, 2.45) is 0 Å². The molecule has 0 fully saturated rings. The Morgan fingerprint density at radius 2 is 0.304 bits per heavy atom. The van der Waals surface area contributed by atoms with Gasteiger partial charge in [0.15, 0.2) is 34.9 Å². The van der Waals surface area contributed by atoms with E-state index in [0.29, 0.717) is 34.9 Å². The number of nitrogens with zero attached hydrogens (tertiary/aromatic N) is 7. The summed E-state index contributed by atoms with van der Waals surface area (Å²) in [5, 5.41) is 2.22. The van der Waals surface area contributed by atoms with Gasteiger partial charge >= 0.3 is 0 Å². The summed E-state index contributed by atoms with van der Waals surface area (Å²) in [6.45, 7) is 0. The summed E-state index contributed by atoms with van der Waals surface area (Å²) in [7, 11) is 0. The van der Waals surface area contributed by atoms with Crippen molar-refractivity contribution in [3.63, 3.8) is 0 Å². The van der Waals surface area contributed by atoms with Crippen LogP contribution >= 0.6 is 0 Å². The van der Waals surface area contributed by atoms with Gasteiger partial charge in [-0.2, -0.15) is 0 Å². The molecule has 7 heteroatoms. The fraction of sp³-hybridized carbons (Fsp3) is 0. The molecule has 0 saturated carbocycles. The highest BCUT2D eigenvalue weighted by molar-refractivity contribution is 6.17. The number of hydrogen-bond donors (Lipinski definition) is 0. The van der Waals surface area contributed by atoms with Gasteiger partial charge in [0.05, 0.1) is 11.0 Å². The van der Waals surface area contributed by atoms with Gasteiger partial charge in [0.2, 0.25) is 0 Å². The minimum absolute atomic E-state index is 0.547. The van der Waals surface area contributed by atoms with Crippen molar-refractivity contribution >= 4 is 21.8 Å². The third kappa shape index (κ3) is 14.0. The summed E-state index contributed by atoms with van der Waals surface area (Å²) in [6, 6.07) is 153. The van der Waals surface area contributed by atoms with Gasteiger partial charge in [-0.25, -0.2) is 29.9 Å². The molecule has 0 amide bonds. The minimum Gasteiger partial charge on any atom is -0.308 e. The van der Waals surface area contributed by atoms with E-state index >= 15 is 0 Å². The highest BCUT2D eigenvalue weighted by atomic mass is 15.0. The van der Waals surface area contributed by atoms with Gasteiger partial charge < -0.3 is 4.57 Å². The monoisotopic (exact) mass is 1470 g/mol. The zero-order chi connectivity index (χ0) is 76.4. The Bertz CT molecular complexity index is 6040. The SMILES string of the molecule is c1ccc(-c2cc(-c3ccccc3)cc(-c3nc(-c4cc(-c5ccccc5)cc(-c5ccccc5)c4)nc(-c4cccc(-c5cccc6c7cccc(-c8cccc(-c9nc(-c%10cc(-c%11ccccc%11)cc(-c%11ccccc%11)c%10)nc(-c%10cc(-c%11ccccc%11)cc(-c%11ccccc%11)c%10)n9)c8)c7n(-c7ccccc7)c56)c4)n3)c2)cc1. The van der Waals surface area contributed by atoms with Crippen LogP contribution in [0.2, 0.25) is 0 Å². The average molecular weight is 1470 g/mol. The molecule has 17 aromatic carbocycles. The lowest BCUT2D eigenvalue weighted by Gasteiger charge is -2.15. The number of fused-ring (bicyclic) bond motifs is 3. The van der Waals surface area contributed by atoms with Crippen molar-refractivity contribution in [3.8, 4) is 185 Å². The summed E-state index contributed by atoms with van der Waals surface area (Å²) in [6.07, 6.45) is 0. The van der Waals surface area contributed by atoms with Crippen LogP contribution in [0, 0.1) is 0 Å². The third-order valence-corrected chi connectivity index (χ3v) is 21.6. The van der Waals surface area contributed by atoms with E-state index in [2.05, 4.69) is 435 Å². The van der Waals surface area contributed by atoms with E-state index in [9.17, 15) is 0 Å². The van der Waals surface area contributed by atoms with Crippen LogP contribution < -0.4 is 0 Å². The Kier molecular flexibility index (Phi) is 18.2. The second kappa shape index (κ2) is 30.4. The average Bonchev–Trinajstić information content (AvgIpc) is 1.55. The predicted molar refractivity (Wildman–Crippen MR) is 475 cm³/mol. The smallest absolute Gasteiger partial charge is 0.164 e. The number of rotatable bonds is 17. The van der Waals surface area contributed by atoms with Gasteiger partial charge in [0.1, 0.15) is 0 Å². The first-order valence-electron chi connectivity index (χ1n) is 38.9. The predicted octanol–water partition coefficient (Wildman–Crippen LogP) is 27.8. The molecule has 538 valence electrons. The second-order valence-corrected chi connectivity index (χ2v) is 29.0. The Balaban J connectivity index is 0.759. The largest absolute Gasteiger partial charge is 0.308 e. The van der Waals surface area contributed by atoms with Crippen LogP contribution in [0.4, 0.5) is 0 Å². The molecule has 3 heterocycles. The molecule has 115 heavy (non-hydrogen) atoms. The zero-order valence-electron chi connectivity index (χ0n) is 62.6. The maximum absolute atomic E-state index is 5.56. The molecule has 0 spiro atoms. The fourth-order valence-electron chi connectivity index (χ4n) is 16.0. The molecule has 0 N–H and O–H groups in total. The number of hydrogen-bond acceptors (Lipinski definition) is 6. The van der Waals surface area contributed by atoms with Crippen molar-refractivity contribution < 1.29 is 0 Å². The Morgan fingerprint density at radius 3 is 0.539 bits per heavy atom. The third-order valence-electron chi connectivity index (χ3n) is 21.6. The van der Waals surface area contributed by atoms with Gasteiger partial charge in [-0.3, -0.25) is 0 Å². The first kappa shape index (κ1) is 68.8. The lowest BCUT2D eigenvalue weighted by atomic mass is 9.95. The molecule has 7 nitrogen and oxygen atoms in total. The highest BCUT2D eigenvalue weighted by Gasteiger charge is 2.24. The lowest BCUT2D eigenvalue weighted by molar-refractivity contribution is 1.07. The van der Waals surface area contributed by atoms with E-state index < -0.39 is 0 Å². The Morgan fingerprint density at radius 1 is 0.130 bits per heavy atom. The van der Waals surface area contributed by atoms with Crippen molar-refractivity contribution in [2.45, 2.75) is 0 Å². The van der Waals surface area contributed by atoms with Crippen LogP contribution in [0.1, 0.15) is 0 Å². The molecule has 0 radical (unpaired) electrons. The van der Waals surface area contributed by atoms with Crippen LogP contribution in [0.5, 0.6) is 0 Å². The zero-order valence-corrected chi connectivity index (χ0v) is 62.6. The number of aromatic nitrogens is 7. The molecule has 20 aromatic rings. The Hall–Kier alpha value is -15.4.